The highest BCUT2D eigenvalue weighted by atomic mass is 16.7. The predicted octanol–water partition coefficient (Wildman–Crippen LogP) is 2.22. The molecule has 0 saturated heterocycles. The number of hydrogen-bond acceptors (Lipinski definition) is 3. The molecule has 0 aliphatic heterocycles. The number of ketones is 1. The van der Waals surface area contributed by atoms with Crippen molar-refractivity contribution in [1.82, 2.24) is 0 Å². The van der Waals surface area contributed by atoms with Gasteiger partial charge in [-0.25, -0.2) is 4.79 Å². The van der Waals surface area contributed by atoms with Crippen LogP contribution in [0.2, 0.25) is 0 Å². The molecule has 1 saturated carbocycles. The van der Waals surface area contributed by atoms with Crippen molar-refractivity contribution in [2.24, 2.45) is 0 Å². The van der Waals surface area contributed by atoms with Crippen LogP contribution in [0.25, 0.3) is 0 Å². The second kappa shape index (κ2) is 7.58. The lowest BCUT2D eigenvalue weighted by Crippen LogP contribution is -2.02. The third kappa shape index (κ3) is 8.85. The van der Waals surface area contributed by atoms with Crippen molar-refractivity contribution in [1.29, 1.82) is 0 Å². The summed E-state index contributed by atoms with van der Waals surface area (Å²) in [5, 5.41) is 7.69. The quantitative estimate of drug-likeness (QED) is 0.641. The zero-order valence-electron chi connectivity index (χ0n) is 7.91. The molecule has 13 heavy (non-hydrogen) atoms. The number of carbonyl (C=O) groups is 2. The van der Waals surface area contributed by atoms with Gasteiger partial charge in [0.1, 0.15) is 5.78 Å². The highest BCUT2D eigenvalue weighted by Crippen LogP contribution is 2.12. The van der Waals surface area contributed by atoms with Gasteiger partial charge in [-0.1, -0.05) is 6.42 Å². The fourth-order valence-electron chi connectivity index (χ4n) is 1.07. The minimum Gasteiger partial charge on any atom is -0.450 e. The molecule has 0 atom stereocenters. The summed E-state index contributed by atoms with van der Waals surface area (Å²) in [6.45, 7) is 1.85. The van der Waals surface area contributed by atoms with Crippen LogP contribution in [0.1, 0.15) is 39.0 Å². The summed E-state index contributed by atoms with van der Waals surface area (Å²) in [5.74, 6) is 0.464. The van der Waals surface area contributed by atoms with Crippen LogP contribution in [-0.4, -0.2) is 23.7 Å². The van der Waals surface area contributed by atoms with Crippen LogP contribution < -0.4 is 0 Å². The molecule has 1 rings (SSSR count). The number of carboxylic acid groups (broad SMARTS) is 1. The van der Waals surface area contributed by atoms with Gasteiger partial charge < -0.3 is 9.84 Å². The van der Waals surface area contributed by atoms with E-state index in [1.807, 2.05) is 0 Å². The summed E-state index contributed by atoms with van der Waals surface area (Å²) in [4.78, 5) is 19.8. The maximum atomic E-state index is 10.5. The molecule has 4 nitrogen and oxygen atoms in total. The Balaban J connectivity index is 0.000000226. The highest BCUT2D eigenvalue weighted by molar-refractivity contribution is 5.78. The van der Waals surface area contributed by atoms with Crippen LogP contribution in [0.15, 0.2) is 0 Å². The molecule has 0 unspecified atom stereocenters. The van der Waals surface area contributed by atoms with E-state index in [1.165, 1.54) is 6.42 Å². The van der Waals surface area contributed by atoms with Gasteiger partial charge >= 0.3 is 6.16 Å². The molecule has 0 aromatic carbocycles. The molecule has 1 N–H and O–H groups in total. The normalized spacial score (nSPS) is 15.6. The van der Waals surface area contributed by atoms with Crippen molar-refractivity contribution in [2.45, 2.75) is 39.0 Å². The Morgan fingerprint density at radius 3 is 2.08 bits per heavy atom. The van der Waals surface area contributed by atoms with Crippen molar-refractivity contribution < 1.29 is 19.4 Å². The average Bonchev–Trinajstić information content (AvgIpc) is 2.06. The van der Waals surface area contributed by atoms with Crippen LogP contribution in [0.3, 0.4) is 0 Å². The Morgan fingerprint density at radius 1 is 1.38 bits per heavy atom. The first-order valence-corrected chi connectivity index (χ1v) is 4.54. The first-order valence-electron chi connectivity index (χ1n) is 4.54. The van der Waals surface area contributed by atoms with Gasteiger partial charge in [0.15, 0.2) is 0 Å². The van der Waals surface area contributed by atoms with Crippen LogP contribution >= 0.6 is 0 Å². The second-order valence-electron chi connectivity index (χ2n) is 2.80. The van der Waals surface area contributed by atoms with E-state index in [0.29, 0.717) is 5.78 Å². The van der Waals surface area contributed by atoms with Crippen molar-refractivity contribution in [3.8, 4) is 0 Å². The summed E-state index contributed by atoms with van der Waals surface area (Å²) >= 11 is 0. The Kier molecular flexibility index (Phi) is 6.96. The Bertz CT molecular complexity index is 157. The van der Waals surface area contributed by atoms with Gasteiger partial charge in [-0.05, 0) is 19.8 Å². The van der Waals surface area contributed by atoms with Gasteiger partial charge in [0.05, 0.1) is 6.61 Å². The Morgan fingerprint density at radius 2 is 1.92 bits per heavy atom. The van der Waals surface area contributed by atoms with E-state index in [0.717, 1.165) is 25.7 Å². The lowest BCUT2D eigenvalue weighted by molar-refractivity contribution is -0.120. The van der Waals surface area contributed by atoms with E-state index < -0.39 is 6.16 Å². The zero-order chi connectivity index (χ0) is 10.1. The smallest absolute Gasteiger partial charge is 0.450 e. The van der Waals surface area contributed by atoms with Gasteiger partial charge in [0.25, 0.3) is 0 Å². The lowest BCUT2D eigenvalue weighted by Gasteiger charge is -2.05. The summed E-state index contributed by atoms with van der Waals surface area (Å²) in [7, 11) is 0. The van der Waals surface area contributed by atoms with E-state index in [1.54, 1.807) is 6.92 Å². The number of ether oxygens (including phenoxy) is 1. The Hall–Kier alpha value is -1.06. The highest BCUT2D eigenvalue weighted by Gasteiger charge is 2.05. The summed E-state index contributed by atoms with van der Waals surface area (Å²) < 4.78 is 3.96. The molecule has 0 spiro atoms. The molecule has 0 heterocycles. The molecular weight excluding hydrogens is 172 g/mol. The largest absolute Gasteiger partial charge is 0.505 e. The average molecular weight is 188 g/mol. The van der Waals surface area contributed by atoms with Crippen LogP contribution in [0.4, 0.5) is 4.79 Å². The van der Waals surface area contributed by atoms with Crippen LogP contribution in [0.5, 0.6) is 0 Å². The topological polar surface area (TPSA) is 63.6 Å². The lowest BCUT2D eigenvalue weighted by atomic mass is 10.00. The molecule has 76 valence electrons. The monoisotopic (exact) mass is 188 g/mol. The molecule has 0 radical (unpaired) electrons. The summed E-state index contributed by atoms with van der Waals surface area (Å²) in [5.41, 5.74) is 0. The van der Waals surface area contributed by atoms with Crippen molar-refractivity contribution in [2.75, 3.05) is 6.61 Å². The molecule has 1 fully saturated rings. The molecular formula is C9H16O4. The summed E-state index contributed by atoms with van der Waals surface area (Å²) in [6.07, 6.45) is 4.03. The number of rotatable bonds is 1. The predicted molar refractivity (Wildman–Crippen MR) is 47.7 cm³/mol. The van der Waals surface area contributed by atoms with E-state index in [-0.39, 0.29) is 6.61 Å². The molecule has 0 aromatic heterocycles. The van der Waals surface area contributed by atoms with Crippen molar-refractivity contribution in [3.63, 3.8) is 0 Å². The van der Waals surface area contributed by atoms with Crippen molar-refractivity contribution in [3.05, 3.63) is 0 Å². The van der Waals surface area contributed by atoms with E-state index in [9.17, 15) is 9.59 Å². The standard InChI is InChI=1S/C6H10O.C3H6O3/c7-6-4-2-1-3-5-6;1-2-6-3(4)5/h1-5H2;2H2,1H3,(H,4,5). The minimum absolute atomic E-state index is 0.231. The van der Waals surface area contributed by atoms with Gasteiger partial charge in [0.2, 0.25) is 0 Å². The maximum absolute atomic E-state index is 10.5. The van der Waals surface area contributed by atoms with Crippen LogP contribution in [-0.2, 0) is 9.53 Å². The molecule has 0 aromatic rings. The first kappa shape index (κ1) is 11.9. The van der Waals surface area contributed by atoms with E-state index in [2.05, 4.69) is 4.74 Å². The van der Waals surface area contributed by atoms with Gasteiger partial charge in [-0.3, -0.25) is 4.79 Å². The molecule has 1 aliphatic rings. The maximum Gasteiger partial charge on any atom is 0.505 e. The van der Waals surface area contributed by atoms with Gasteiger partial charge in [0, 0.05) is 12.8 Å². The Labute approximate surface area is 77.9 Å². The zero-order valence-corrected chi connectivity index (χ0v) is 7.91. The van der Waals surface area contributed by atoms with E-state index >= 15 is 0 Å². The third-order valence-electron chi connectivity index (χ3n) is 1.68. The van der Waals surface area contributed by atoms with Crippen LogP contribution in [0, 0.1) is 0 Å². The fraction of sp³-hybridized carbons (Fsp3) is 0.778. The number of carbonyl (C=O) groups excluding carboxylic acids is 1. The van der Waals surface area contributed by atoms with Crippen molar-refractivity contribution >= 4 is 11.9 Å². The number of Topliss-reactive ketones (excluding diaryl/α,β-unsaturated/α-hetero) is 1. The second-order valence-corrected chi connectivity index (χ2v) is 2.80. The molecule has 0 bridgehead atoms. The third-order valence-corrected chi connectivity index (χ3v) is 1.68. The molecule has 1 aliphatic carbocycles. The molecule has 0 amide bonds. The minimum atomic E-state index is -1.21. The first-order chi connectivity index (χ1) is 6.16. The molecule has 4 heteroatoms. The van der Waals surface area contributed by atoms with E-state index in [4.69, 9.17) is 5.11 Å². The number of hydrogen-bond donors (Lipinski definition) is 1. The van der Waals surface area contributed by atoms with Gasteiger partial charge in [-0.2, -0.15) is 0 Å². The SMILES string of the molecule is CCOC(=O)O.O=C1CCCCC1. The fourth-order valence-corrected chi connectivity index (χ4v) is 1.07. The van der Waals surface area contributed by atoms with Gasteiger partial charge in [-0.15, -0.1) is 0 Å². The summed E-state index contributed by atoms with van der Waals surface area (Å²) in [6, 6.07) is 0.